The van der Waals surface area contributed by atoms with E-state index in [0.717, 1.165) is 22.0 Å². The van der Waals surface area contributed by atoms with Crippen molar-refractivity contribution < 1.29 is 4.79 Å². The van der Waals surface area contributed by atoms with E-state index in [-0.39, 0.29) is 5.91 Å². The fourth-order valence-corrected chi connectivity index (χ4v) is 3.78. The summed E-state index contributed by atoms with van der Waals surface area (Å²) in [6, 6.07) is 7.42. The number of aryl methyl sites for hydroxylation is 2. The minimum atomic E-state index is -0.216. The Kier molecular flexibility index (Phi) is 4.70. The van der Waals surface area contributed by atoms with Crippen LogP contribution in [0.25, 0.3) is 10.6 Å². The van der Waals surface area contributed by atoms with Gasteiger partial charge in [-0.1, -0.05) is 42.0 Å². The van der Waals surface area contributed by atoms with E-state index < -0.39 is 0 Å². The molecule has 0 atom stereocenters. The highest BCUT2D eigenvalue weighted by atomic mass is 35.5. The first-order valence-electron chi connectivity index (χ1n) is 6.94. The summed E-state index contributed by atoms with van der Waals surface area (Å²) >= 11 is 8.73. The van der Waals surface area contributed by atoms with E-state index in [4.69, 9.17) is 11.6 Å². The number of halogens is 1. The third kappa shape index (κ3) is 3.57. The molecule has 0 spiro atoms. The number of thiazole rings is 1. The number of carbonyl (C=O) groups is 1. The molecule has 0 saturated heterocycles. The highest BCUT2D eigenvalue weighted by Gasteiger charge is 2.18. The maximum absolute atomic E-state index is 12.4. The average Bonchev–Trinajstić information content (AvgIpc) is 3.13. The zero-order valence-corrected chi connectivity index (χ0v) is 14.8. The average molecular weight is 365 g/mol. The minimum absolute atomic E-state index is 0.216. The minimum Gasteiger partial charge on any atom is -0.296 e. The van der Waals surface area contributed by atoms with Crippen LogP contribution in [0.1, 0.15) is 27.3 Å². The highest BCUT2D eigenvalue weighted by Crippen LogP contribution is 2.30. The quantitative estimate of drug-likeness (QED) is 0.743. The number of hydrogen-bond donors (Lipinski definition) is 1. The standard InChI is InChI=1S/C15H13ClN4OS2/c1-3-11-19-20-15(22-11)18-13(21)12-8(2)17-14(23-12)9-5-4-6-10(16)7-9/h4-7H,3H2,1-2H3,(H,18,20,21). The summed E-state index contributed by atoms with van der Waals surface area (Å²) in [5.74, 6) is -0.216. The van der Waals surface area contributed by atoms with Crippen LogP contribution in [0.3, 0.4) is 0 Å². The number of benzene rings is 1. The third-order valence-electron chi connectivity index (χ3n) is 3.06. The molecule has 0 aliphatic carbocycles. The van der Waals surface area contributed by atoms with Crippen molar-refractivity contribution in [2.75, 3.05) is 5.32 Å². The smallest absolute Gasteiger partial charge is 0.269 e. The summed E-state index contributed by atoms with van der Waals surface area (Å²) in [7, 11) is 0. The van der Waals surface area contributed by atoms with Crippen LogP contribution in [0, 0.1) is 6.92 Å². The lowest BCUT2D eigenvalue weighted by molar-refractivity contribution is 0.102. The summed E-state index contributed by atoms with van der Waals surface area (Å²) in [5, 5.41) is 13.5. The van der Waals surface area contributed by atoms with Gasteiger partial charge >= 0.3 is 0 Å². The maximum atomic E-state index is 12.4. The van der Waals surface area contributed by atoms with Gasteiger partial charge < -0.3 is 0 Å². The Hall–Kier alpha value is -1.83. The van der Waals surface area contributed by atoms with Crippen molar-refractivity contribution >= 4 is 45.3 Å². The molecule has 8 heteroatoms. The van der Waals surface area contributed by atoms with Crippen molar-refractivity contribution in [3.63, 3.8) is 0 Å². The molecule has 2 heterocycles. The van der Waals surface area contributed by atoms with E-state index in [1.165, 1.54) is 22.7 Å². The Balaban J connectivity index is 1.84. The van der Waals surface area contributed by atoms with Crippen LogP contribution < -0.4 is 5.32 Å². The first-order valence-corrected chi connectivity index (χ1v) is 8.95. The van der Waals surface area contributed by atoms with Crippen LogP contribution in [-0.4, -0.2) is 21.1 Å². The van der Waals surface area contributed by atoms with Crippen molar-refractivity contribution in [1.29, 1.82) is 0 Å². The summed E-state index contributed by atoms with van der Waals surface area (Å²) < 4.78 is 0. The van der Waals surface area contributed by atoms with Gasteiger partial charge in [-0.15, -0.1) is 21.5 Å². The van der Waals surface area contributed by atoms with Crippen LogP contribution in [0.15, 0.2) is 24.3 Å². The molecule has 0 radical (unpaired) electrons. The van der Waals surface area contributed by atoms with E-state index in [0.29, 0.717) is 20.7 Å². The molecule has 0 aliphatic heterocycles. The van der Waals surface area contributed by atoms with Gasteiger partial charge in [0, 0.05) is 10.6 Å². The van der Waals surface area contributed by atoms with Gasteiger partial charge in [-0.3, -0.25) is 10.1 Å². The Morgan fingerprint density at radius 1 is 1.30 bits per heavy atom. The Morgan fingerprint density at radius 3 is 2.83 bits per heavy atom. The van der Waals surface area contributed by atoms with E-state index in [1.807, 2.05) is 32.0 Å². The first-order chi connectivity index (χ1) is 11.1. The molecular weight excluding hydrogens is 352 g/mol. The summed E-state index contributed by atoms with van der Waals surface area (Å²) in [4.78, 5) is 17.5. The molecule has 1 aromatic carbocycles. The second-order valence-electron chi connectivity index (χ2n) is 4.75. The largest absolute Gasteiger partial charge is 0.296 e. The molecule has 0 saturated carbocycles. The van der Waals surface area contributed by atoms with Crippen molar-refractivity contribution in [2.45, 2.75) is 20.3 Å². The van der Waals surface area contributed by atoms with Gasteiger partial charge in [0.1, 0.15) is 14.9 Å². The number of nitrogens with zero attached hydrogens (tertiary/aromatic N) is 3. The van der Waals surface area contributed by atoms with Crippen molar-refractivity contribution in [3.8, 4) is 10.6 Å². The molecule has 2 aromatic heterocycles. The molecule has 1 amide bonds. The predicted octanol–water partition coefficient (Wildman–Crippen LogP) is 4.44. The van der Waals surface area contributed by atoms with Crippen LogP contribution in [-0.2, 0) is 6.42 Å². The van der Waals surface area contributed by atoms with E-state index >= 15 is 0 Å². The van der Waals surface area contributed by atoms with Crippen molar-refractivity contribution in [2.24, 2.45) is 0 Å². The molecule has 0 aliphatic rings. The van der Waals surface area contributed by atoms with Crippen molar-refractivity contribution in [3.05, 3.63) is 44.9 Å². The van der Waals surface area contributed by atoms with Crippen LogP contribution in [0.2, 0.25) is 5.02 Å². The predicted molar refractivity (Wildman–Crippen MR) is 94.5 cm³/mol. The fraction of sp³-hybridized carbons (Fsp3) is 0.200. The first kappa shape index (κ1) is 16.0. The normalized spacial score (nSPS) is 10.7. The Labute approximate surface area is 146 Å². The van der Waals surface area contributed by atoms with Crippen molar-refractivity contribution in [1.82, 2.24) is 15.2 Å². The number of anilines is 1. The fourth-order valence-electron chi connectivity index (χ4n) is 1.95. The summed E-state index contributed by atoms with van der Waals surface area (Å²) in [6.07, 6.45) is 0.798. The van der Waals surface area contributed by atoms with E-state index in [1.54, 1.807) is 6.07 Å². The molecule has 23 heavy (non-hydrogen) atoms. The second-order valence-corrected chi connectivity index (χ2v) is 7.25. The number of nitrogens with one attached hydrogen (secondary N) is 1. The van der Waals surface area contributed by atoms with Crippen LogP contribution in [0.4, 0.5) is 5.13 Å². The highest BCUT2D eigenvalue weighted by molar-refractivity contribution is 7.17. The monoisotopic (exact) mass is 364 g/mol. The summed E-state index contributed by atoms with van der Waals surface area (Å²) in [6.45, 7) is 3.81. The van der Waals surface area contributed by atoms with Gasteiger partial charge in [0.15, 0.2) is 0 Å². The number of aromatic nitrogens is 3. The number of hydrogen-bond acceptors (Lipinski definition) is 6. The molecule has 5 nitrogen and oxygen atoms in total. The molecule has 1 N–H and O–H groups in total. The van der Waals surface area contributed by atoms with Gasteiger partial charge in [-0.2, -0.15) is 0 Å². The Bertz CT molecular complexity index is 859. The molecule has 118 valence electrons. The molecular formula is C15H13ClN4OS2. The van der Waals surface area contributed by atoms with E-state index in [9.17, 15) is 4.79 Å². The number of carbonyl (C=O) groups excluding carboxylic acids is 1. The van der Waals surface area contributed by atoms with Gasteiger partial charge in [0.2, 0.25) is 5.13 Å². The molecule has 0 bridgehead atoms. The van der Waals surface area contributed by atoms with E-state index in [2.05, 4.69) is 20.5 Å². The molecule has 0 unspecified atom stereocenters. The zero-order chi connectivity index (χ0) is 16.4. The number of amides is 1. The topological polar surface area (TPSA) is 67.8 Å². The van der Waals surface area contributed by atoms with Crippen LogP contribution >= 0.6 is 34.3 Å². The van der Waals surface area contributed by atoms with Gasteiger partial charge in [0.25, 0.3) is 5.91 Å². The molecule has 3 rings (SSSR count). The maximum Gasteiger partial charge on any atom is 0.269 e. The second kappa shape index (κ2) is 6.74. The third-order valence-corrected chi connectivity index (χ3v) is 5.49. The summed E-state index contributed by atoms with van der Waals surface area (Å²) in [5.41, 5.74) is 1.58. The van der Waals surface area contributed by atoms with Crippen LogP contribution in [0.5, 0.6) is 0 Å². The molecule has 0 fully saturated rings. The van der Waals surface area contributed by atoms with Gasteiger partial charge in [-0.25, -0.2) is 4.98 Å². The lowest BCUT2D eigenvalue weighted by atomic mass is 10.2. The Morgan fingerprint density at radius 2 is 2.13 bits per heavy atom. The van der Waals surface area contributed by atoms with Gasteiger partial charge in [0.05, 0.1) is 5.69 Å². The SMILES string of the molecule is CCc1nnc(NC(=O)c2sc(-c3cccc(Cl)c3)nc2C)s1. The number of rotatable bonds is 4. The van der Waals surface area contributed by atoms with Gasteiger partial charge in [-0.05, 0) is 25.5 Å². The lowest BCUT2D eigenvalue weighted by Crippen LogP contribution is -2.11. The molecule has 3 aromatic rings. The zero-order valence-electron chi connectivity index (χ0n) is 12.5. The lowest BCUT2D eigenvalue weighted by Gasteiger charge is -1.98.